The number of hydrogen-bond donors (Lipinski definition) is 1. The molecule has 2 aromatic carbocycles. The second-order valence-electron chi connectivity index (χ2n) is 7.10. The van der Waals surface area contributed by atoms with E-state index < -0.39 is 0 Å². The normalized spacial score (nSPS) is 13.0. The molecule has 0 saturated carbocycles. The predicted molar refractivity (Wildman–Crippen MR) is 103 cm³/mol. The van der Waals surface area contributed by atoms with Gasteiger partial charge in [0.25, 0.3) is 0 Å². The summed E-state index contributed by atoms with van der Waals surface area (Å²) in [5.41, 5.74) is 1.54. The number of hydrogen-bond acceptors (Lipinski definition) is 5. The first-order valence-electron chi connectivity index (χ1n) is 8.28. The number of carbonyl (C=O) groups is 1. The van der Waals surface area contributed by atoms with E-state index in [0.717, 1.165) is 5.56 Å². The molecule has 0 bridgehead atoms. The molecule has 0 amide bonds. The van der Waals surface area contributed by atoms with Gasteiger partial charge in [0.15, 0.2) is 0 Å². The zero-order valence-corrected chi connectivity index (χ0v) is 16.1. The number of aromatic hydroxyl groups is 1. The highest BCUT2D eigenvalue weighted by Crippen LogP contribution is 2.41. The lowest BCUT2D eigenvalue weighted by atomic mass is 9.74. The maximum absolute atomic E-state index is 11.8. The van der Waals surface area contributed by atoms with Crippen LogP contribution in [0.25, 0.3) is 0 Å². The largest absolute Gasteiger partial charge is 0.506 e. The lowest BCUT2D eigenvalue weighted by Crippen LogP contribution is -2.22. The Morgan fingerprint density at radius 1 is 1.15 bits per heavy atom. The SMILES string of the molecule is COC(=O)CC(c1ccc(O)c(N=Nc2ccccc2Cl)c1)C(C)(C)C. The summed E-state index contributed by atoms with van der Waals surface area (Å²) in [7, 11) is 1.38. The van der Waals surface area contributed by atoms with Crippen LogP contribution in [0.15, 0.2) is 52.7 Å². The number of nitrogens with zero attached hydrogens (tertiary/aromatic N) is 2. The molecule has 0 radical (unpaired) electrons. The van der Waals surface area contributed by atoms with Gasteiger partial charge in [-0.2, -0.15) is 0 Å². The highest BCUT2D eigenvalue weighted by atomic mass is 35.5. The van der Waals surface area contributed by atoms with E-state index in [1.54, 1.807) is 36.4 Å². The quantitative estimate of drug-likeness (QED) is 0.503. The summed E-state index contributed by atoms with van der Waals surface area (Å²) in [4.78, 5) is 11.8. The summed E-state index contributed by atoms with van der Waals surface area (Å²) in [5.74, 6) is -0.364. The number of azo groups is 1. The molecule has 1 atom stereocenters. The van der Waals surface area contributed by atoms with Crippen molar-refractivity contribution in [3.05, 3.63) is 53.1 Å². The fraction of sp³-hybridized carbons (Fsp3) is 0.350. The highest BCUT2D eigenvalue weighted by molar-refractivity contribution is 6.32. The molecule has 2 aromatic rings. The van der Waals surface area contributed by atoms with E-state index in [1.807, 2.05) is 6.07 Å². The number of benzene rings is 2. The number of phenolic OH excluding ortho intramolecular Hbond substituents is 1. The monoisotopic (exact) mass is 374 g/mol. The molecule has 1 unspecified atom stereocenters. The van der Waals surface area contributed by atoms with Crippen molar-refractivity contribution in [2.75, 3.05) is 7.11 Å². The van der Waals surface area contributed by atoms with Crippen molar-refractivity contribution in [3.63, 3.8) is 0 Å². The Kier molecular flexibility index (Phi) is 6.37. The average molecular weight is 375 g/mol. The van der Waals surface area contributed by atoms with Gasteiger partial charge in [0, 0.05) is 0 Å². The molecule has 26 heavy (non-hydrogen) atoms. The number of rotatable bonds is 5. The van der Waals surface area contributed by atoms with Crippen molar-refractivity contribution in [1.82, 2.24) is 0 Å². The molecule has 6 heteroatoms. The maximum Gasteiger partial charge on any atom is 0.306 e. The summed E-state index contributed by atoms with van der Waals surface area (Å²) in [6.45, 7) is 6.16. The van der Waals surface area contributed by atoms with Crippen LogP contribution in [0, 0.1) is 5.41 Å². The van der Waals surface area contributed by atoms with Gasteiger partial charge >= 0.3 is 5.97 Å². The van der Waals surface area contributed by atoms with Crippen LogP contribution in [0.1, 0.15) is 38.7 Å². The van der Waals surface area contributed by atoms with Gasteiger partial charge in [0.1, 0.15) is 17.1 Å². The average Bonchev–Trinajstić information content (AvgIpc) is 2.59. The molecule has 2 rings (SSSR count). The van der Waals surface area contributed by atoms with Crippen molar-refractivity contribution >= 4 is 28.9 Å². The van der Waals surface area contributed by atoms with E-state index in [-0.39, 0.29) is 29.5 Å². The number of halogens is 1. The Labute approximate surface area is 158 Å². The van der Waals surface area contributed by atoms with Gasteiger partial charge in [-0.05, 0) is 41.2 Å². The Bertz CT molecular complexity index is 813. The van der Waals surface area contributed by atoms with Gasteiger partial charge < -0.3 is 9.84 Å². The first-order valence-corrected chi connectivity index (χ1v) is 8.66. The fourth-order valence-electron chi connectivity index (χ4n) is 2.65. The van der Waals surface area contributed by atoms with Crippen LogP contribution in [-0.2, 0) is 9.53 Å². The smallest absolute Gasteiger partial charge is 0.306 e. The second kappa shape index (κ2) is 8.32. The van der Waals surface area contributed by atoms with Crippen molar-refractivity contribution < 1.29 is 14.6 Å². The molecule has 0 heterocycles. The third-order valence-electron chi connectivity index (χ3n) is 4.16. The molecule has 5 nitrogen and oxygen atoms in total. The third-order valence-corrected chi connectivity index (χ3v) is 4.48. The minimum Gasteiger partial charge on any atom is -0.506 e. The lowest BCUT2D eigenvalue weighted by Gasteiger charge is -2.30. The molecule has 0 spiro atoms. The van der Waals surface area contributed by atoms with Gasteiger partial charge in [-0.3, -0.25) is 4.79 Å². The standard InChI is InChI=1S/C20H23ClN2O3/c1-20(2,3)14(12-19(25)26-4)13-9-10-18(24)17(11-13)23-22-16-8-6-5-7-15(16)21/h5-11,14,24H,12H2,1-4H3. The zero-order valence-electron chi connectivity index (χ0n) is 15.4. The fourth-order valence-corrected chi connectivity index (χ4v) is 2.83. The molecule has 1 N–H and O–H groups in total. The summed E-state index contributed by atoms with van der Waals surface area (Å²) in [6, 6.07) is 12.2. The Morgan fingerprint density at radius 3 is 2.42 bits per heavy atom. The summed E-state index contributed by atoms with van der Waals surface area (Å²) in [5, 5.41) is 18.8. The Morgan fingerprint density at radius 2 is 1.81 bits per heavy atom. The molecule has 0 aromatic heterocycles. The van der Waals surface area contributed by atoms with E-state index in [0.29, 0.717) is 16.4 Å². The van der Waals surface area contributed by atoms with Crippen LogP contribution >= 0.6 is 11.6 Å². The molecule has 0 fully saturated rings. The van der Waals surface area contributed by atoms with Crippen molar-refractivity contribution in [1.29, 1.82) is 0 Å². The molecule has 138 valence electrons. The van der Waals surface area contributed by atoms with Gasteiger partial charge in [-0.15, -0.1) is 10.2 Å². The summed E-state index contributed by atoms with van der Waals surface area (Å²) >= 11 is 6.08. The van der Waals surface area contributed by atoms with E-state index in [9.17, 15) is 9.90 Å². The lowest BCUT2D eigenvalue weighted by molar-refractivity contribution is -0.141. The first kappa shape index (κ1) is 19.9. The van der Waals surface area contributed by atoms with Gasteiger partial charge in [-0.1, -0.05) is 50.6 Å². The molecular formula is C20H23ClN2O3. The van der Waals surface area contributed by atoms with Gasteiger partial charge in [-0.25, -0.2) is 0 Å². The predicted octanol–water partition coefficient (Wildman–Crippen LogP) is 6.15. The maximum atomic E-state index is 11.8. The molecular weight excluding hydrogens is 352 g/mol. The van der Waals surface area contributed by atoms with E-state index >= 15 is 0 Å². The van der Waals surface area contributed by atoms with E-state index in [1.165, 1.54) is 7.11 Å². The Balaban J connectivity index is 2.38. The minimum atomic E-state index is -0.280. The topological polar surface area (TPSA) is 71.2 Å². The summed E-state index contributed by atoms with van der Waals surface area (Å²) in [6.07, 6.45) is 0.242. The molecule has 0 aliphatic carbocycles. The van der Waals surface area contributed by atoms with Crippen LogP contribution in [0.4, 0.5) is 11.4 Å². The first-order chi connectivity index (χ1) is 12.2. The molecule has 0 saturated heterocycles. The third kappa shape index (κ3) is 5.05. The van der Waals surface area contributed by atoms with Crippen LogP contribution < -0.4 is 0 Å². The zero-order chi connectivity index (χ0) is 19.3. The number of esters is 1. The second-order valence-corrected chi connectivity index (χ2v) is 7.51. The molecule has 0 aliphatic heterocycles. The number of methoxy groups -OCH3 is 1. The minimum absolute atomic E-state index is 0.00952. The summed E-state index contributed by atoms with van der Waals surface area (Å²) < 4.78 is 4.82. The molecule has 0 aliphatic rings. The van der Waals surface area contributed by atoms with E-state index in [4.69, 9.17) is 16.3 Å². The van der Waals surface area contributed by atoms with Crippen molar-refractivity contribution in [2.45, 2.75) is 33.1 Å². The van der Waals surface area contributed by atoms with Gasteiger partial charge in [0.05, 0.1) is 18.6 Å². The van der Waals surface area contributed by atoms with E-state index in [2.05, 4.69) is 31.0 Å². The number of ether oxygens (including phenoxy) is 1. The number of phenols is 1. The van der Waals surface area contributed by atoms with Crippen LogP contribution in [0.5, 0.6) is 5.75 Å². The van der Waals surface area contributed by atoms with Crippen molar-refractivity contribution in [3.8, 4) is 5.75 Å². The highest BCUT2D eigenvalue weighted by Gasteiger charge is 2.29. The Hall–Kier alpha value is -2.40. The van der Waals surface area contributed by atoms with Crippen LogP contribution in [0.2, 0.25) is 5.02 Å². The van der Waals surface area contributed by atoms with Crippen LogP contribution in [0.3, 0.4) is 0 Å². The number of carbonyl (C=O) groups excluding carboxylic acids is 1. The van der Waals surface area contributed by atoms with Crippen LogP contribution in [-0.4, -0.2) is 18.2 Å². The van der Waals surface area contributed by atoms with Gasteiger partial charge in [0.2, 0.25) is 0 Å². The van der Waals surface area contributed by atoms with Crippen molar-refractivity contribution in [2.24, 2.45) is 15.6 Å².